The molecule has 1 amide bonds. The molecule has 0 spiro atoms. The lowest BCUT2D eigenvalue weighted by Crippen LogP contribution is -2.13. The Morgan fingerprint density at radius 3 is 2.70 bits per heavy atom. The van der Waals surface area contributed by atoms with Crippen molar-refractivity contribution in [3.8, 4) is 17.4 Å². The normalized spacial score (nSPS) is 11.3. The third-order valence-corrected chi connectivity index (χ3v) is 5.22. The van der Waals surface area contributed by atoms with Crippen LogP contribution in [0.5, 0.6) is 0 Å². The van der Waals surface area contributed by atoms with Gasteiger partial charge in [-0.05, 0) is 24.3 Å². The van der Waals surface area contributed by atoms with Crippen LogP contribution in [-0.2, 0) is 4.79 Å². The number of anilines is 1. The fourth-order valence-corrected chi connectivity index (χ4v) is 3.69. The number of thioether (sulfide) groups is 1. The summed E-state index contributed by atoms with van der Waals surface area (Å²) in [5.41, 5.74) is 0.445. The number of nitro benzene ring substituents is 1. The molecule has 152 valence electrons. The Hall–Kier alpha value is -3.49. The number of aromatic nitrogens is 2. The number of rotatable bonds is 7. The van der Waals surface area contributed by atoms with Crippen LogP contribution in [0.25, 0.3) is 17.4 Å². The van der Waals surface area contributed by atoms with Crippen molar-refractivity contribution in [2.45, 2.75) is 24.3 Å². The fourth-order valence-electron chi connectivity index (χ4n) is 2.31. The van der Waals surface area contributed by atoms with Gasteiger partial charge in [-0.2, -0.15) is 14.6 Å². The molecule has 11 heteroatoms. The average molecular weight is 441 g/mol. The molecule has 9 nitrogen and oxygen atoms in total. The maximum Gasteiger partial charge on any atom is 0.269 e. The molecular formula is C19H15N5O4S2. The van der Waals surface area contributed by atoms with Gasteiger partial charge < -0.3 is 4.42 Å². The van der Waals surface area contributed by atoms with E-state index in [4.69, 9.17) is 4.42 Å². The molecule has 0 saturated carbocycles. The smallest absolute Gasteiger partial charge is 0.269 e. The van der Waals surface area contributed by atoms with Gasteiger partial charge in [-0.15, -0.1) is 0 Å². The van der Waals surface area contributed by atoms with Gasteiger partial charge in [-0.25, -0.2) is 0 Å². The number of non-ortho nitro benzene ring substituents is 1. The Kier molecular flexibility index (Phi) is 6.61. The average Bonchev–Trinajstić information content (AvgIpc) is 3.35. The monoisotopic (exact) mass is 441 g/mol. The highest BCUT2D eigenvalue weighted by molar-refractivity contribution is 7.99. The molecule has 0 unspecified atom stereocenters. The van der Waals surface area contributed by atoms with Crippen LogP contribution in [0, 0.1) is 21.4 Å². The predicted octanol–water partition coefficient (Wildman–Crippen LogP) is 4.75. The van der Waals surface area contributed by atoms with Crippen LogP contribution in [-0.4, -0.2) is 25.4 Å². The molecule has 3 rings (SSSR count). The molecule has 0 bridgehead atoms. The van der Waals surface area contributed by atoms with Gasteiger partial charge in [0.25, 0.3) is 11.6 Å². The van der Waals surface area contributed by atoms with Gasteiger partial charge in [-0.1, -0.05) is 25.6 Å². The highest BCUT2D eigenvalue weighted by Gasteiger charge is 2.15. The first kappa shape index (κ1) is 21.2. The first-order valence-corrected chi connectivity index (χ1v) is 10.3. The number of furan rings is 1. The summed E-state index contributed by atoms with van der Waals surface area (Å²) in [5, 5.41) is 23.8. The Balaban J connectivity index is 1.73. The van der Waals surface area contributed by atoms with Crippen LogP contribution in [0.1, 0.15) is 19.6 Å². The minimum atomic E-state index is -0.622. The van der Waals surface area contributed by atoms with E-state index in [9.17, 15) is 20.2 Å². The number of carbonyl (C=O) groups excluding carboxylic acids is 1. The minimum Gasteiger partial charge on any atom is -0.457 e. The summed E-state index contributed by atoms with van der Waals surface area (Å²) >= 11 is 2.51. The Bertz CT molecular complexity index is 1140. The van der Waals surface area contributed by atoms with Crippen molar-refractivity contribution in [2.24, 2.45) is 0 Å². The zero-order chi connectivity index (χ0) is 21.7. The van der Waals surface area contributed by atoms with Gasteiger partial charge in [0.15, 0.2) is 0 Å². The van der Waals surface area contributed by atoms with Crippen molar-refractivity contribution in [2.75, 3.05) is 5.32 Å². The largest absolute Gasteiger partial charge is 0.457 e. The van der Waals surface area contributed by atoms with Gasteiger partial charge in [0.2, 0.25) is 10.3 Å². The van der Waals surface area contributed by atoms with Crippen molar-refractivity contribution in [1.29, 1.82) is 5.26 Å². The lowest BCUT2D eigenvalue weighted by atomic mass is 10.1. The Morgan fingerprint density at radius 1 is 1.33 bits per heavy atom. The lowest BCUT2D eigenvalue weighted by Gasteiger charge is -1.99. The second-order valence-electron chi connectivity index (χ2n) is 6.18. The van der Waals surface area contributed by atoms with Crippen molar-refractivity contribution in [1.82, 2.24) is 9.36 Å². The molecule has 3 aromatic rings. The Morgan fingerprint density at radius 2 is 2.07 bits per heavy atom. The summed E-state index contributed by atoms with van der Waals surface area (Å²) in [6.07, 6.45) is 1.31. The first-order chi connectivity index (χ1) is 14.4. The SMILES string of the molecule is CC(C)Sc1nsc(NC(=O)C(C#N)=Cc2ccc(-c3ccc([N+](=O)[O-])cc3)o2)n1. The standard InChI is InChI=1S/C19H15N5O4S2/c1-11(2)29-19-22-18(30-23-19)21-17(25)13(10-20)9-15-7-8-16(28-15)12-3-5-14(6-4-12)24(26)27/h3-9,11H,1-2H3,(H,21,22,23,25). The van der Waals surface area contributed by atoms with Crippen LogP contribution < -0.4 is 5.32 Å². The number of nitro groups is 1. The van der Waals surface area contributed by atoms with E-state index in [0.717, 1.165) is 11.5 Å². The van der Waals surface area contributed by atoms with Gasteiger partial charge in [0, 0.05) is 40.6 Å². The molecule has 0 saturated heterocycles. The molecule has 1 N–H and O–H groups in total. The molecule has 30 heavy (non-hydrogen) atoms. The molecule has 0 atom stereocenters. The van der Waals surface area contributed by atoms with E-state index in [1.165, 1.54) is 30.0 Å². The number of amides is 1. The van der Waals surface area contributed by atoms with E-state index < -0.39 is 10.8 Å². The fraction of sp³-hybridized carbons (Fsp3) is 0.158. The van der Waals surface area contributed by atoms with Crippen LogP contribution in [0.4, 0.5) is 10.8 Å². The van der Waals surface area contributed by atoms with Crippen LogP contribution in [0.3, 0.4) is 0 Å². The van der Waals surface area contributed by atoms with E-state index in [1.807, 2.05) is 19.9 Å². The minimum absolute atomic E-state index is 0.0273. The van der Waals surface area contributed by atoms with E-state index in [1.54, 1.807) is 24.3 Å². The van der Waals surface area contributed by atoms with Gasteiger partial charge in [-0.3, -0.25) is 20.2 Å². The number of carbonyl (C=O) groups is 1. The van der Waals surface area contributed by atoms with E-state index in [-0.39, 0.29) is 11.3 Å². The summed E-state index contributed by atoms with van der Waals surface area (Å²) in [4.78, 5) is 26.9. The third-order valence-electron chi connectivity index (χ3n) is 3.61. The lowest BCUT2D eigenvalue weighted by molar-refractivity contribution is -0.384. The number of nitrogens with one attached hydrogen (secondary N) is 1. The van der Waals surface area contributed by atoms with Gasteiger partial charge in [0.1, 0.15) is 23.2 Å². The highest BCUT2D eigenvalue weighted by atomic mass is 32.2. The Labute approximate surface area is 179 Å². The number of hydrogen-bond donors (Lipinski definition) is 1. The van der Waals surface area contributed by atoms with Crippen molar-refractivity contribution >= 4 is 46.1 Å². The second-order valence-corrected chi connectivity index (χ2v) is 8.47. The summed E-state index contributed by atoms with van der Waals surface area (Å²) in [6.45, 7) is 4.02. The molecule has 0 aliphatic carbocycles. The van der Waals surface area contributed by atoms with Gasteiger partial charge in [0.05, 0.1) is 4.92 Å². The van der Waals surface area contributed by atoms with Crippen molar-refractivity contribution in [3.05, 3.63) is 57.8 Å². The number of hydrogen-bond acceptors (Lipinski definition) is 9. The number of nitriles is 1. The van der Waals surface area contributed by atoms with E-state index in [2.05, 4.69) is 14.7 Å². The maximum absolute atomic E-state index is 12.4. The summed E-state index contributed by atoms with van der Waals surface area (Å²) in [5.74, 6) is 0.125. The third kappa shape index (κ3) is 5.31. The molecular weight excluding hydrogens is 426 g/mol. The van der Waals surface area contributed by atoms with Crippen LogP contribution in [0.2, 0.25) is 0 Å². The van der Waals surface area contributed by atoms with Crippen molar-refractivity contribution < 1.29 is 14.1 Å². The van der Waals surface area contributed by atoms with E-state index >= 15 is 0 Å². The van der Waals surface area contributed by atoms with Crippen LogP contribution >= 0.6 is 23.3 Å². The molecule has 0 aliphatic heterocycles. The molecule has 1 aromatic carbocycles. The topological polar surface area (TPSA) is 135 Å². The quantitative estimate of drug-likeness (QED) is 0.182. The number of benzene rings is 1. The summed E-state index contributed by atoms with van der Waals surface area (Å²) in [7, 11) is 0. The molecule has 0 radical (unpaired) electrons. The maximum atomic E-state index is 12.4. The molecule has 2 heterocycles. The zero-order valence-electron chi connectivity index (χ0n) is 15.9. The summed E-state index contributed by atoms with van der Waals surface area (Å²) < 4.78 is 9.79. The molecule has 0 fully saturated rings. The molecule has 2 aromatic heterocycles. The van der Waals surface area contributed by atoms with Crippen molar-refractivity contribution in [3.63, 3.8) is 0 Å². The second kappa shape index (κ2) is 9.34. The highest BCUT2D eigenvalue weighted by Crippen LogP contribution is 2.26. The molecule has 0 aliphatic rings. The number of nitrogens with zero attached hydrogens (tertiary/aromatic N) is 4. The zero-order valence-corrected chi connectivity index (χ0v) is 17.5. The first-order valence-electron chi connectivity index (χ1n) is 8.64. The predicted molar refractivity (Wildman–Crippen MR) is 114 cm³/mol. The summed E-state index contributed by atoms with van der Waals surface area (Å²) in [6, 6.07) is 11.0. The van der Waals surface area contributed by atoms with E-state index in [0.29, 0.717) is 32.6 Å². The van der Waals surface area contributed by atoms with Crippen LogP contribution in [0.15, 0.2) is 51.5 Å². The van der Waals surface area contributed by atoms with Gasteiger partial charge >= 0.3 is 0 Å².